The van der Waals surface area contributed by atoms with Crippen LogP contribution in [-0.2, 0) is 0 Å². The van der Waals surface area contributed by atoms with E-state index in [0.29, 0.717) is 0 Å². The van der Waals surface area contributed by atoms with Crippen LogP contribution in [0.1, 0.15) is 22.7 Å². The Hall–Kier alpha value is -0.910. The Morgan fingerprint density at radius 3 is 2.29 bits per heavy atom. The summed E-state index contributed by atoms with van der Waals surface area (Å²) in [5, 5.41) is 0. The summed E-state index contributed by atoms with van der Waals surface area (Å²) < 4.78 is 1.22. The van der Waals surface area contributed by atoms with Crippen molar-refractivity contribution in [3.05, 3.63) is 68.8 Å². The number of hydrogen-bond acceptors (Lipinski definition) is 2. The van der Waals surface area contributed by atoms with Gasteiger partial charge in [-0.2, -0.15) is 0 Å². The molecule has 0 aromatic heterocycles. The summed E-state index contributed by atoms with van der Waals surface area (Å²) in [5.74, 6) is 5.68. The molecule has 2 nitrogen and oxygen atoms in total. The number of halogens is 1. The minimum Gasteiger partial charge on any atom is -0.271 e. The minimum absolute atomic E-state index is 0.0459. The van der Waals surface area contributed by atoms with Crippen LogP contribution in [0, 0.1) is 10.5 Å². The third kappa shape index (κ3) is 3.06. The zero-order valence-electron chi connectivity index (χ0n) is 9.65. The Morgan fingerprint density at radius 2 is 1.71 bits per heavy atom. The van der Waals surface area contributed by atoms with E-state index in [4.69, 9.17) is 5.84 Å². The van der Waals surface area contributed by atoms with Gasteiger partial charge in [0.2, 0.25) is 0 Å². The molecule has 0 amide bonds. The van der Waals surface area contributed by atoms with Crippen molar-refractivity contribution in [3.8, 4) is 0 Å². The van der Waals surface area contributed by atoms with E-state index in [1.54, 1.807) is 0 Å². The van der Waals surface area contributed by atoms with E-state index in [2.05, 4.69) is 83.5 Å². The third-order valence-corrected chi connectivity index (χ3v) is 3.40. The molecule has 2 aromatic rings. The second kappa shape index (κ2) is 5.62. The number of hydrazine groups is 1. The number of hydrogen-bond donors (Lipinski definition) is 2. The van der Waals surface area contributed by atoms with Gasteiger partial charge in [-0.15, -0.1) is 0 Å². The molecular weight excluding hydrogens is 323 g/mol. The molecular formula is C14H15IN2. The van der Waals surface area contributed by atoms with Crippen molar-refractivity contribution >= 4 is 22.6 Å². The topological polar surface area (TPSA) is 38.0 Å². The summed E-state index contributed by atoms with van der Waals surface area (Å²) in [6.45, 7) is 2.09. The number of aryl methyl sites for hydroxylation is 1. The maximum absolute atomic E-state index is 5.68. The van der Waals surface area contributed by atoms with Gasteiger partial charge >= 0.3 is 0 Å². The van der Waals surface area contributed by atoms with Crippen LogP contribution in [0.2, 0.25) is 0 Å². The molecule has 2 aromatic carbocycles. The van der Waals surface area contributed by atoms with Crippen LogP contribution in [0.3, 0.4) is 0 Å². The molecule has 3 heteroatoms. The van der Waals surface area contributed by atoms with Crippen molar-refractivity contribution in [2.24, 2.45) is 5.84 Å². The van der Waals surface area contributed by atoms with Crippen molar-refractivity contribution in [1.29, 1.82) is 0 Å². The Bertz CT molecular complexity index is 466. The second-order valence-corrected chi connectivity index (χ2v) is 5.31. The van der Waals surface area contributed by atoms with Crippen molar-refractivity contribution in [3.63, 3.8) is 0 Å². The van der Waals surface area contributed by atoms with E-state index in [1.807, 2.05) is 0 Å². The molecule has 3 N–H and O–H groups in total. The van der Waals surface area contributed by atoms with E-state index in [1.165, 1.54) is 20.3 Å². The molecule has 0 radical (unpaired) electrons. The Kier molecular flexibility index (Phi) is 4.15. The van der Waals surface area contributed by atoms with Crippen LogP contribution in [0.25, 0.3) is 0 Å². The lowest BCUT2D eigenvalue weighted by Crippen LogP contribution is -2.28. The highest BCUT2D eigenvalue weighted by molar-refractivity contribution is 14.1. The van der Waals surface area contributed by atoms with Gasteiger partial charge in [0.15, 0.2) is 0 Å². The zero-order chi connectivity index (χ0) is 12.3. The van der Waals surface area contributed by atoms with Gasteiger partial charge in [-0.25, -0.2) is 5.43 Å². The largest absolute Gasteiger partial charge is 0.271 e. The standard InChI is InChI=1S/C14H15IN2/c1-10-4-2-5-11(8-10)14(17-16)12-6-3-7-13(15)9-12/h2-9,14,17H,16H2,1H3. The lowest BCUT2D eigenvalue weighted by molar-refractivity contribution is 0.636. The molecule has 0 aliphatic rings. The maximum atomic E-state index is 5.68. The summed E-state index contributed by atoms with van der Waals surface area (Å²) in [6, 6.07) is 16.8. The molecule has 0 spiro atoms. The first-order valence-electron chi connectivity index (χ1n) is 5.49. The van der Waals surface area contributed by atoms with Crippen molar-refractivity contribution < 1.29 is 0 Å². The predicted octanol–water partition coefficient (Wildman–Crippen LogP) is 3.15. The first-order chi connectivity index (χ1) is 8.20. The molecule has 0 aliphatic heterocycles. The van der Waals surface area contributed by atoms with Crippen LogP contribution in [-0.4, -0.2) is 0 Å². The van der Waals surface area contributed by atoms with E-state index in [-0.39, 0.29) is 6.04 Å². The number of nitrogens with one attached hydrogen (secondary N) is 1. The SMILES string of the molecule is Cc1cccc(C(NN)c2cccc(I)c2)c1. The van der Waals surface area contributed by atoms with Crippen LogP contribution < -0.4 is 11.3 Å². The van der Waals surface area contributed by atoms with Gasteiger partial charge in [-0.1, -0.05) is 42.0 Å². The van der Waals surface area contributed by atoms with Gasteiger partial charge in [-0.3, -0.25) is 5.84 Å². The summed E-state index contributed by atoms with van der Waals surface area (Å²) in [4.78, 5) is 0. The van der Waals surface area contributed by atoms with Crippen LogP contribution in [0.5, 0.6) is 0 Å². The molecule has 0 heterocycles. The first kappa shape index (κ1) is 12.5. The number of nitrogens with two attached hydrogens (primary N) is 1. The van der Waals surface area contributed by atoms with Gasteiger partial charge in [-0.05, 0) is 52.8 Å². The van der Waals surface area contributed by atoms with Crippen LogP contribution >= 0.6 is 22.6 Å². The molecule has 1 atom stereocenters. The molecule has 0 saturated carbocycles. The minimum atomic E-state index is 0.0459. The molecule has 0 aliphatic carbocycles. The molecule has 88 valence electrons. The van der Waals surface area contributed by atoms with Gasteiger partial charge in [0.25, 0.3) is 0 Å². The van der Waals surface area contributed by atoms with Crippen molar-refractivity contribution in [2.45, 2.75) is 13.0 Å². The average Bonchev–Trinajstić information content (AvgIpc) is 2.30. The summed E-state index contributed by atoms with van der Waals surface area (Å²) in [6.07, 6.45) is 0. The van der Waals surface area contributed by atoms with Crippen molar-refractivity contribution in [1.82, 2.24) is 5.43 Å². The van der Waals surface area contributed by atoms with Gasteiger partial charge in [0, 0.05) is 3.57 Å². The van der Waals surface area contributed by atoms with Gasteiger partial charge in [0.05, 0.1) is 6.04 Å². The molecule has 1 unspecified atom stereocenters. The lowest BCUT2D eigenvalue weighted by Gasteiger charge is -2.17. The monoisotopic (exact) mass is 338 g/mol. The van der Waals surface area contributed by atoms with Crippen LogP contribution in [0.4, 0.5) is 0 Å². The summed E-state index contributed by atoms with van der Waals surface area (Å²) in [5.41, 5.74) is 6.50. The van der Waals surface area contributed by atoms with Crippen LogP contribution in [0.15, 0.2) is 48.5 Å². The predicted molar refractivity (Wildman–Crippen MR) is 79.5 cm³/mol. The Morgan fingerprint density at radius 1 is 1.06 bits per heavy atom. The fourth-order valence-corrected chi connectivity index (χ4v) is 2.49. The fraction of sp³-hybridized carbons (Fsp3) is 0.143. The molecule has 0 bridgehead atoms. The van der Waals surface area contributed by atoms with Crippen molar-refractivity contribution in [2.75, 3.05) is 0 Å². The molecule has 2 rings (SSSR count). The van der Waals surface area contributed by atoms with Gasteiger partial charge in [0.1, 0.15) is 0 Å². The highest BCUT2D eigenvalue weighted by Crippen LogP contribution is 2.23. The number of benzene rings is 2. The highest BCUT2D eigenvalue weighted by Gasteiger charge is 2.12. The Balaban J connectivity index is 2.40. The summed E-state index contributed by atoms with van der Waals surface area (Å²) >= 11 is 2.31. The quantitative estimate of drug-likeness (QED) is 0.513. The molecule has 17 heavy (non-hydrogen) atoms. The number of rotatable bonds is 3. The van der Waals surface area contributed by atoms with E-state index in [0.717, 1.165) is 0 Å². The smallest absolute Gasteiger partial charge is 0.0710 e. The maximum Gasteiger partial charge on any atom is 0.0710 e. The first-order valence-corrected chi connectivity index (χ1v) is 6.57. The summed E-state index contributed by atoms with van der Waals surface area (Å²) in [7, 11) is 0. The van der Waals surface area contributed by atoms with E-state index < -0.39 is 0 Å². The van der Waals surface area contributed by atoms with E-state index >= 15 is 0 Å². The molecule has 0 saturated heterocycles. The zero-order valence-corrected chi connectivity index (χ0v) is 11.8. The lowest BCUT2D eigenvalue weighted by atomic mass is 9.98. The third-order valence-electron chi connectivity index (χ3n) is 2.72. The average molecular weight is 338 g/mol. The highest BCUT2D eigenvalue weighted by atomic mass is 127. The Labute approximate surface area is 115 Å². The second-order valence-electron chi connectivity index (χ2n) is 4.07. The molecule has 0 fully saturated rings. The fourth-order valence-electron chi connectivity index (χ4n) is 1.92. The van der Waals surface area contributed by atoms with E-state index in [9.17, 15) is 0 Å². The van der Waals surface area contributed by atoms with Gasteiger partial charge < -0.3 is 0 Å². The normalized spacial score (nSPS) is 12.4.